The second-order valence-electron chi connectivity index (χ2n) is 5.33. The SMILES string of the molecule is CC1CCC(C(=O)N(C)C(C)CCN)CC1. The number of rotatable bonds is 4. The summed E-state index contributed by atoms with van der Waals surface area (Å²) in [6.07, 6.45) is 5.44. The Morgan fingerprint density at radius 1 is 1.38 bits per heavy atom. The Morgan fingerprint density at radius 3 is 2.44 bits per heavy atom. The van der Waals surface area contributed by atoms with E-state index in [2.05, 4.69) is 13.8 Å². The van der Waals surface area contributed by atoms with Gasteiger partial charge in [-0.1, -0.05) is 6.92 Å². The van der Waals surface area contributed by atoms with Crippen molar-refractivity contribution in [3.05, 3.63) is 0 Å². The highest BCUT2D eigenvalue weighted by Gasteiger charge is 2.28. The lowest BCUT2D eigenvalue weighted by Crippen LogP contribution is -2.41. The summed E-state index contributed by atoms with van der Waals surface area (Å²) in [6, 6.07) is 0.275. The maximum absolute atomic E-state index is 12.2. The molecule has 1 aliphatic rings. The Labute approximate surface area is 99.4 Å². The first-order valence-electron chi connectivity index (χ1n) is 6.53. The van der Waals surface area contributed by atoms with Crippen LogP contribution in [0.3, 0.4) is 0 Å². The van der Waals surface area contributed by atoms with Crippen LogP contribution in [0.4, 0.5) is 0 Å². The monoisotopic (exact) mass is 226 g/mol. The third-order valence-corrected chi connectivity index (χ3v) is 3.96. The van der Waals surface area contributed by atoms with Crippen LogP contribution in [0.1, 0.15) is 46.0 Å². The first-order valence-corrected chi connectivity index (χ1v) is 6.53. The van der Waals surface area contributed by atoms with Crippen LogP contribution in [0.5, 0.6) is 0 Å². The average molecular weight is 226 g/mol. The molecule has 0 spiro atoms. The van der Waals surface area contributed by atoms with E-state index >= 15 is 0 Å². The van der Waals surface area contributed by atoms with Crippen LogP contribution in [0.2, 0.25) is 0 Å². The van der Waals surface area contributed by atoms with Gasteiger partial charge in [0.1, 0.15) is 0 Å². The maximum atomic E-state index is 12.2. The van der Waals surface area contributed by atoms with Crippen molar-refractivity contribution in [3.63, 3.8) is 0 Å². The lowest BCUT2D eigenvalue weighted by atomic mass is 9.82. The number of hydrogen-bond donors (Lipinski definition) is 1. The van der Waals surface area contributed by atoms with Crippen LogP contribution in [0, 0.1) is 11.8 Å². The first-order chi connectivity index (χ1) is 7.56. The molecule has 1 aliphatic carbocycles. The molecule has 1 rings (SSSR count). The summed E-state index contributed by atoms with van der Waals surface area (Å²) in [4.78, 5) is 14.1. The van der Waals surface area contributed by atoms with Gasteiger partial charge in [0.15, 0.2) is 0 Å². The Hall–Kier alpha value is -0.570. The Morgan fingerprint density at radius 2 is 1.94 bits per heavy atom. The molecule has 94 valence electrons. The molecule has 0 heterocycles. The molecule has 3 nitrogen and oxygen atoms in total. The topological polar surface area (TPSA) is 46.3 Å². The van der Waals surface area contributed by atoms with Crippen LogP contribution in [-0.2, 0) is 4.79 Å². The number of carbonyl (C=O) groups excluding carboxylic acids is 1. The fourth-order valence-corrected chi connectivity index (χ4v) is 2.45. The number of carbonyl (C=O) groups is 1. The molecule has 0 bridgehead atoms. The molecule has 1 atom stereocenters. The number of nitrogens with zero attached hydrogens (tertiary/aromatic N) is 1. The second-order valence-corrected chi connectivity index (χ2v) is 5.33. The third kappa shape index (κ3) is 3.48. The van der Waals surface area contributed by atoms with E-state index in [4.69, 9.17) is 5.73 Å². The summed E-state index contributed by atoms with van der Waals surface area (Å²) in [5.74, 6) is 1.39. The highest BCUT2D eigenvalue weighted by Crippen LogP contribution is 2.29. The number of amides is 1. The molecule has 16 heavy (non-hydrogen) atoms. The highest BCUT2D eigenvalue weighted by atomic mass is 16.2. The first kappa shape index (κ1) is 13.5. The lowest BCUT2D eigenvalue weighted by molar-refractivity contribution is -0.137. The summed E-state index contributed by atoms with van der Waals surface area (Å²) in [5, 5.41) is 0. The van der Waals surface area contributed by atoms with E-state index in [9.17, 15) is 4.79 Å². The fourth-order valence-electron chi connectivity index (χ4n) is 2.45. The smallest absolute Gasteiger partial charge is 0.225 e. The largest absolute Gasteiger partial charge is 0.343 e. The molecule has 0 aromatic carbocycles. The fraction of sp³-hybridized carbons (Fsp3) is 0.923. The molecule has 3 heteroatoms. The molecule has 0 aromatic rings. The molecule has 0 aliphatic heterocycles. The van der Waals surface area contributed by atoms with Crippen molar-refractivity contribution < 1.29 is 4.79 Å². The molecule has 1 unspecified atom stereocenters. The van der Waals surface area contributed by atoms with Gasteiger partial charge < -0.3 is 10.6 Å². The predicted octanol–water partition coefficient (Wildman–Crippen LogP) is 2.01. The number of hydrogen-bond acceptors (Lipinski definition) is 2. The van der Waals surface area contributed by atoms with Crippen molar-refractivity contribution in [1.29, 1.82) is 0 Å². The van der Waals surface area contributed by atoms with E-state index < -0.39 is 0 Å². The van der Waals surface area contributed by atoms with Gasteiger partial charge in [-0.15, -0.1) is 0 Å². The minimum absolute atomic E-state index is 0.265. The molecule has 0 radical (unpaired) electrons. The van der Waals surface area contributed by atoms with Crippen molar-refractivity contribution in [2.75, 3.05) is 13.6 Å². The van der Waals surface area contributed by atoms with Crippen LogP contribution < -0.4 is 5.73 Å². The summed E-state index contributed by atoms with van der Waals surface area (Å²) in [6.45, 7) is 5.01. The molecule has 1 saturated carbocycles. The van der Waals surface area contributed by atoms with E-state index in [-0.39, 0.29) is 12.0 Å². The Kier molecular flexibility index (Phi) is 5.26. The summed E-state index contributed by atoms with van der Waals surface area (Å²) >= 11 is 0. The predicted molar refractivity (Wildman–Crippen MR) is 67.0 cm³/mol. The van der Waals surface area contributed by atoms with Crippen LogP contribution in [0.25, 0.3) is 0 Å². The van der Waals surface area contributed by atoms with Gasteiger partial charge in [-0.05, 0) is 51.5 Å². The molecule has 2 N–H and O–H groups in total. The maximum Gasteiger partial charge on any atom is 0.225 e. The zero-order valence-corrected chi connectivity index (χ0v) is 10.9. The normalized spacial score (nSPS) is 27.5. The average Bonchev–Trinajstić information content (AvgIpc) is 2.28. The molecular weight excluding hydrogens is 200 g/mol. The quantitative estimate of drug-likeness (QED) is 0.797. The van der Waals surface area contributed by atoms with Gasteiger partial charge in [-0.2, -0.15) is 0 Å². The molecule has 0 aromatic heterocycles. The van der Waals surface area contributed by atoms with Crippen LogP contribution >= 0.6 is 0 Å². The highest BCUT2D eigenvalue weighted by molar-refractivity contribution is 5.78. The van der Waals surface area contributed by atoms with Gasteiger partial charge >= 0.3 is 0 Å². The lowest BCUT2D eigenvalue weighted by Gasteiger charge is -2.32. The van der Waals surface area contributed by atoms with E-state index in [1.54, 1.807) is 0 Å². The Bertz CT molecular complexity index is 218. The van der Waals surface area contributed by atoms with Crippen molar-refractivity contribution in [2.24, 2.45) is 17.6 Å². The third-order valence-electron chi connectivity index (χ3n) is 3.96. The van der Waals surface area contributed by atoms with Crippen molar-refractivity contribution in [1.82, 2.24) is 4.90 Å². The summed E-state index contributed by atoms with van der Waals surface area (Å²) in [5.41, 5.74) is 5.53. The molecular formula is C13H26N2O. The van der Waals surface area contributed by atoms with Gasteiger partial charge in [0, 0.05) is 19.0 Å². The van der Waals surface area contributed by atoms with Crippen molar-refractivity contribution >= 4 is 5.91 Å². The minimum Gasteiger partial charge on any atom is -0.343 e. The van der Waals surface area contributed by atoms with E-state index in [1.165, 1.54) is 12.8 Å². The molecule has 1 amide bonds. The second kappa shape index (κ2) is 6.24. The molecule has 0 saturated heterocycles. The number of nitrogens with two attached hydrogens (primary N) is 1. The van der Waals surface area contributed by atoms with E-state index in [0.717, 1.165) is 25.2 Å². The standard InChI is InChI=1S/C13H26N2O/c1-10-4-6-12(7-5-10)13(16)15(3)11(2)8-9-14/h10-12H,4-9,14H2,1-3H3. The zero-order valence-electron chi connectivity index (χ0n) is 10.9. The van der Waals surface area contributed by atoms with Crippen LogP contribution in [-0.4, -0.2) is 30.4 Å². The van der Waals surface area contributed by atoms with Crippen LogP contribution in [0.15, 0.2) is 0 Å². The van der Waals surface area contributed by atoms with Gasteiger partial charge in [0.25, 0.3) is 0 Å². The zero-order chi connectivity index (χ0) is 12.1. The van der Waals surface area contributed by atoms with Crippen molar-refractivity contribution in [2.45, 2.75) is 52.0 Å². The van der Waals surface area contributed by atoms with Crippen molar-refractivity contribution in [3.8, 4) is 0 Å². The summed E-state index contributed by atoms with van der Waals surface area (Å²) < 4.78 is 0. The van der Waals surface area contributed by atoms with Gasteiger partial charge in [0.05, 0.1) is 0 Å². The van der Waals surface area contributed by atoms with E-state index in [1.807, 2.05) is 11.9 Å². The van der Waals surface area contributed by atoms with E-state index in [0.29, 0.717) is 12.5 Å². The minimum atomic E-state index is 0.265. The Balaban J connectivity index is 2.44. The van der Waals surface area contributed by atoms with Gasteiger partial charge in [-0.25, -0.2) is 0 Å². The van der Waals surface area contributed by atoms with Gasteiger partial charge in [0.2, 0.25) is 5.91 Å². The summed E-state index contributed by atoms with van der Waals surface area (Å²) in [7, 11) is 1.92. The molecule has 1 fully saturated rings. The van der Waals surface area contributed by atoms with Gasteiger partial charge in [-0.3, -0.25) is 4.79 Å².